The van der Waals surface area contributed by atoms with Gasteiger partial charge in [0.15, 0.2) is 0 Å². The molecule has 0 aliphatic carbocycles. The van der Waals surface area contributed by atoms with E-state index < -0.39 is 6.04 Å². The molecule has 0 bridgehead atoms. The van der Waals surface area contributed by atoms with Crippen molar-refractivity contribution >= 4 is 11.9 Å². The monoisotopic (exact) mass is 251 g/mol. The van der Waals surface area contributed by atoms with Gasteiger partial charge >= 0.3 is 5.97 Å². The summed E-state index contributed by atoms with van der Waals surface area (Å²) in [5.74, 6) is -0.551. The molecule has 0 spiro atoms. The third kappa shape index (κ3) is 2.37. The van der Waals surface area contributed by atoms with Crippen molar-refractivity contribution in [2.24, 2.45) is 7.05 Å². The number of ether oxygens (including phenoxy) is 1. The summed E-state index contributed by atoms with van der Waals surface area (Å²) in [7, 11) is 3.15. The fourth-order valence-corrected chi connectivity index (χ4v) is 2.23. The molecule has 2 rings (SSSR count). The average Bonchev–Trinajstić information content (AvgIpc) is 2.83. The van der Waals surface area contributed by atoms with Crippen LogP contribution in [-0.2, 0) is 16.6 Å². The van der Waals surface area contributed by atoms with Gasteiger partial charge in [0.2, 0.25) is 0 Å². The number of carbonyl (C=O) groups excluding carboxylic acids is 2. The average molecular weight is 251 g/mol. The van der Waals surface area contributed by atoms with Crippen LogP contribution in [0.25, 0.3) is 0 Å². The number of likely N-dealkylation sites (tertiary alicyclic amines) is 1. The molecule has 98 valence electrons. The molecule has 6 nitrogen and oxygen atoms in total. The minimum Gasteiger partial charge on any atom is -0.467 e. The Balaban J connectivity index is 2.18. The van der Waals surface area contributed by atoms with Crippen LogP contribution >= 0.6 is 0 Å². The number of piperidine rings is 1. The number of hydrogen-bond acceptors (Lipinski definition) is 4. The number of hydrogen-bond donors (Lipinski definition) is 0. The van der Waals surface area contributed by atoms with Gasteiger partial charge in [0.05, 0.1) is 13.4 Å². The lowest BCUT2D eigenvalue weighted by molar-refractivity contribution is -0.147. The third-order valence-electron chi connectivity index (χ3n) is 3.16. The van der Waals surface area contributed by atoms with Gasteiger partial charge in [-0.3, -0.25) is 4.79 Å². The van der Waals surface area contributed by atoms with Crippen LogP contribution in [0.4, 0.5) is 0 Å². The number of carbonyl (C=O) groups is 2. The Morgan fingerprint density at radius 3 is 2.83 bits per heavy atom. The zero-order valence-corrected chi connectivity index (χ0v) is 10.6. The fraction of sp³-hybridized carbons (Fsp3) is 0.583. The lowest BCUT2D eigenvalue weighted by atomic mass is 10.0. The summed E-state index contributed by atoms with van der Waals surface area (Å²) in [6, 6.07) is -0.474. The Morgan fingerprint density at radius 1 is 1.44 bits per heavy atom. The van der Waals surface area contributed by atoms with Crippen LogP contribution < -0.4 is 0 Å². The van der Waals surface area contributed by atoms with Gasteiger partial charge in [0, 0.05) is 19.8 Å². The molecule has 1 aliphatic rings. The topological polar surface area (TPSA) is 64.4 Å². The summed E-state index contributed by atoms with van der Waals surface area (Å²) in [5.41, 5.74) is 0.369. The lowest BCUT2D eigenvalue weighted by Crippen LogP contribution is -2.48. The molecular weight excluding hydrogens is 234 g/mol. The summed E-state index contributed by atoms with van der Waals surface area (Å²) in [6.45, 7) is 0.579. The maximum Gasteiger partial charge on any atom is 0.328 e. The summed E-state index contributed by atoms with van der Waals surface area (Å²) < 4.78 is 6.47. The van der Waals surface area contributed by atoms with Gasteiger partial charge in [0.1, 0.15) is 11.7 Å². The van der Waals surface area contributed by atoms with Crippen molar-refractivity contribution in [3.63, 3.8) is 0 Å². The van der Waals surface area contributed by atoms with Crippen LogP contribution in [0.1, 0.15) is 29.8 Å². The van der Waals surface area contributed by atoms with E-state index in [1.807, 2.05) is 0 Å². The van der Waals surface area contributed by atoms with Crippen LogP contribution in [0.5, 0.6) is 0 Å². The van der Waals surface area contributed by atoms with Crippen LogP contribution in [0.15, 0.2) is 12.5 Å². The molecule has 1 unspecified atom stereocenters. The van der Waals surface area contributed by atoms with Crippen molar-refractivity contribution < 1.29 is 14.3 Å². The first-order valence-corrected chi connectivity index (χ1v) is 6.00. The zero-order valence-electron chi connectivity index (χ0n) is 10.6. The van der Waals surface area contributed by atoms with Crippen molar-refractivity contribution in [2.75, 3.05) is 13.7 Å². The largest absolute Gasteiger partial charge is 0.467 e. The van der Waals surface area contributed by atoms with Gasteiger partial charge < -0.3 is 14.2 Å². The molecule has 1 aromatic heterocycles. The highest BCUT2D eigenvalue weighted by atomic mass is 16.5. The summed E-state index contributed by atoms with van der Waals surface area (Å²) in [6.07, 6.45) is 5.73. The van der Waals surface area contributed by atoms with E-state index in [1.165, 1.54) is 7.11 Å². The molecule has 1 aliphatic heterocycles. The van der Waals surface area contributed by atoms with E-state index in [2.05, 4.69) is 4.98 Å². The number of aryl methyl sites for hydroxylation is 1. The minimum absolute atomic E-state index is 0.203. The second kappa shape index (κ2) is 5.20. The Bertz CT molecular complexity index is 455. The number of esters is 1. The van der Waals surface area contributed by atoms with Gasteiger partial charge in [-0.15, -0.1) is 0 Å². The first-order valence-electron chi connectivity index (χ1n) is 6.00. The van der Waals surface area contributed by atoms with E-state index in [0.717, 1.165) is 12.8 Å². The number of rotatable bonds is 2. The molecule has 0 aromatic carbocycles. The molecule has 1 saturated heterocycles. The number of methoxy groups -OCH3 is 1. The predicted molar refractivity (Wildman–Crippen MR) is 63.9 cm³/mol. The van der Waals surface area contributed by atoms with Crippen LogP contribution in [0, 0.1) is 0 Å². The zero-order chi connectivity index (χ0) is 13.1. The Hall–Kier alpha value is -1.85. The number of aromatic nitrogens is 2. The Kier molecular flexibility index (Phi) is 3.64. The SMILES string of the molecule is COC(=O)C1CCCCN1C(=O)c1cn(C)cn1. The highest BCUT2D eigenvalue weighted by Gasteiger charge is 2.33. The number of amides is 1. The van der Waals surface area contributed by atoms with Crippen molar-refractivity contribution in [3.05, 3.63) is 18.2 Å². The van der Waals surface area contributed by atoms with Crippen LogP contribution in [-0.4, -0.2) is 46.0 Å². The van der Waals surface area contributed by atoms with E-state index in [0.29, 0.717) is 18.7 Å². The van der Waals surface area contributed by atoms with Crippen molar-refractivity contribution in [1.82, 2.24) is 14.5 Å². The molecule has 6 heteroatoms. The molecule has 1 amide bonds. The third-order valence-corrected chi connectivity index (χ3v) is 3.16. The van der Waals surface area contributed by atoms with Gasteiger partial charge in [-0.2, -0.15) is 0 Å². The predicted octanol–water partition coefficient (Wildman–Crippen LogP) is 0.588. The molecule has 0 radical (unpaired) electrons. The molecule has 18 heavy (non-hydrogen) atoms. The van der Waals surface area contributed by atoms with Crippen LogP contribution in [0.3, 0.4) is 0 Å². The second-order valence-corrected chi connectivity index (χ2v) is 4.46. The van der Waals surface area contributed by atoms with E-state index in [4.69, 9.17) is 4.74 Å². The Labute approximate surface area is 106 Å². The van der Waals surface area contributed by atoms with E-state index in [1.54, 1.807) is 29.0 Å². The number of nitrogens with zero attached hydrogens (tertiary/aromatic N) is 3. The quantitative estimate of drug-likeness (QED) is 0.721. The summed E-state index contributed by atoms with van der Waals surface area (Å²) >= 11 is 0. The van der Waals surface area contributed by atoms with Gasteiger partial charge in [-0.1, -0.05) is 0 Å². The summed E-state index contributed by atoms with van der Waals surface area (Å²) in [5, 5.41) is 0. The summed E-state index contributed by atoms with van der Waals surface area (Å²) in [4.78, 5) is 29.6. The highest BCUT2D eigenvalue weighted by Crippen LogP contribution is 2.20. The molecule has 1 fully saturated rings. The lowest BCUT2D eigenvalue weighted by Gasteiger charge is -2.33. The molecule has 0 saturated carbocycles. The normalized spacial score (nSPS) is 19.7. The molecule has 2 heterocycles. The van der Waals surface area contributed by atoms with E-state index >= 15 is 0 Å². The molecule has 1 aromatic rings. The minimum atomic E-state index is -0.474. The molecule has 1 atom stereocenters. The maximum absolute atomic E-state index is 12.3. The van der Waals surface area contributed by atoms with E-state index in [-0.39, 0.29) is 11.9 Å². The van der Waals surface area contributed by atoms with Crippen LogP contribution in [0.2, 0.25) is 0 Å². The Morgan fingerprint density at radius 2 is 2.22 bits per heavy atom. The fourth-order valence-electron chi connectivity index (χ4n) is 2.23. The van der Waals surface area contributed by atoms with E-state index in [9.17, 15) is 9.59 Å². The van der Waals surface area contributed by atoms with Gasteiger partial charge in [0.25, 0.3) is 5.91 Å². The first kappa shape index (κ1) is 12.6. The molecule has 0 N–H and O–H groups in total. The van der Waals surface area contributed by atoms with Gasteiger partial charge in [-0.05, 0) is 19.3 Å². The van der Waals surface area contributed by atoms with Gasteiger partial charge in [-0.25, -0.2) is 9.78 Å². The van der Waals surface area contributed by atoms with Crippen molar-refractivity contribution in [1.29, 1.82) is 0 Å². The number of imidazole rings is 1. The van der Waals surface area contributed by atoms with Crippen molar-refractivity contribution in [2.45, 2.75) is 25.3 Å². The standard InChI is InChI=1S/C12H17N3O3/c1-14-7-9(13-8-14)11(16)15-6-4-3-5-10(15)12(17)18-2/h7-8,10H,3-6H2,1-2H3. The van der Waals surface area contributed by atoms with Crippen molar-refractivity contribution in [3.8, 4) is 0 Å². The second-order valence-electron chi connectivity index (χ2n) is 4.46. The smallest absolute Gasteiger partial charge is 0.328 e. The maximum atomic E-state index is 12.3. The highest BCUT2D eigenvalue weighted by molar-refractivity contribution is 5.95. The molecular formula is C12H17N3O3. The first-order chi connectivity index (χ1) is 8.63.